The average Bonchev–Trinajstić information content (AvgIpc) is 2.51. The van der Waals surface area contributed by atoms with Crippen molar-refractivity contribution in [2.75, 3.05) is 5.73 Å². The zero-order chi connectivity index (χ0) is 11.7. The summed E-state index contributed by atoms with van der Waals surface area (Å²) < 4.78 is 0. The number of benzene rings is 1. The number of nitrogen functional groups attached to an aromatic ring is 1. The van der Waals surface area contributed by atoms with Crippen molar-refractivity contribution in [2.45, 2.75) is 13.3 Å². The lowest BCUT2D eigenvalue weighted by atomic mass is 10.1. The molecule has 0 aliphatic rings. The monoisotopic (exact) mass is 272 g/mol. The summed E-state index contributed by atoms with van der Waals surface area (Å²) in [6, 6.07) is 5.48. The van der Waals surface area contributed by atoms with Crippen molar-refractivity contribution < 1.29 is 0 Å². The van der Waals surface area contributed by atoms with Gasteiger partial charge in [0.05, 0.1) is 5.01 Å². The molecule has 0 saturated carbocycles. The van der Waals surface area contributed by atoms with E-state index in [2.05, 4.69) is 4.98 Å². The fourth-order valence-corrected chi connectivity index (χ4v) is 2.72. The Morgan fingerprint density at radius 3 is 2.69 bits per heavy atom. The third kappa shape index (κ3) is 2.48. The molecule has 1 heterocycles. The number of thiazole rings is 1. The molecule has 0 amide bonds. The molecule has 0 atom stereocenters. The number of anilines is 1. The molecule has 2 nitrogen and oxygen atoms in total. The number of rotatable bonds is 2. The topological polar surface area (TPSA) is 38.9 Å². The summed E-state index contributed by atoms with van der Waals surface area (Å²) in [5.41, 5.74) is 6.72. The zero-order valence-corrected chi connectivity index (χ0v) is 11.0. The van der Waals surface area contributed by atoms with Crippen LogP contribution >= 0.6 is 34.5 Å². The molecule has 0 aliphatic carbocycles. The van der Waals surface area contributed by atoms with Crippen LogP contribution in [0.5, 0.6) is 0 Å². The van der Waals surface area contributed by atoms with Crippen LogP contribution in [0.25, 0.3) is 0 Å². The van der Waals surface area contributed by atoms with Crippen molar-refractivity contribution in [1.29, 1.82) is 0 Å². The van der Waals surface area contributed by atoms with Crippen molar-refractivity contribution in [2.24, 2.45) is 0 Å². The summed E-state index contributed by atoms with van der Waals surface area (Å²) in [6.07, 6.45) is 0.693. The van der Waals surface area contributed by atoms with Gasteiger partial charge in [-0.25, -0.2) is 4.98 Å². The van der Waals surface area contributed by atoms with E-state index >= 15 is 0 Å². The summed E-state index contributed by atoms with van der Waals surface area (Å²) in [7, 11) is 0. The minimum atomic E-state index is 0.602. The van der Waals surface area contributed by atoms with Gasteiger partial charge in [0.1, 0.15) is 5.82 Å². The first-order valence-electron chi connectivity index (χ1n) is 4.72. The van der Waals surface area contributed by atoms with Crippen LogP contribution in [0.4, 0.5) is 5.82 Å². The molecule has 2 N–H and O–H groups in total. The van der Waals surface area contributed by atoms with Crippen LogP contribution in [0.2, 0.25) is 10.0 Å². The maximum atomic E-state index is 6.09. The Morgan fingerprint density at radius 1 is 1.38 bits per heavy atom. The first kappa shape index (κ1) is 11.7. The summed E-state index contributed by atoms with van der Waals surface area (Å²) in [5, 5.41) is 2.28. The van der Waals surface area contributed by atoms with E-state index in [1.54, 1.807) is 17.4 Å². The summed E-state index contributed by atoms with van der Waals surface area (Å²) >= 11 is 13.5. The van der Waals surface area contributed by atoms with Gasteiger partial charge in [-0.2, -0.15) is 0 Å². The van der Waals surface area contributed by atoms with Gasteiger partial charge in [0.2, 0.25) is 0 Å². The Labute approximate surface area is 108 Å². The highest BCUT2D eigenvalue weighted by Gasteiger charge is 2.08. The quantitative estimate of drug-likeness (QED) is 0.900. The van der Waals surface area contributed by atoms with Crippen LogP contribution < -0.4 is 5.73 Å². The van der Waals surface area contributed by atoms with Crippen LogP contribution in [-0.2, 0) is 6.42 Å². The molecule has 0 bridgehead atoms. The van der Waals surface area contributed by atoms with E-state index in [1.807, 2.05) is 19.1 Å². The van der Waals surface area contributed by atoms with E-state index in [-0.39, 0.29) is 0 Å². The molecule has 1 aromatic heterocycles. The van der Waals surface area contributed by atoms with Crippen molar-refractivity contribution >= 4 is 40.4 Å². The van der Waals surface area contributed by atoms with Gasteiger partial charge >= 0.3 is 0 Å². The standard InChI is InChI=1S/C11H10Cl2N2S/c1-6-11(14)15-10(16-6)4-7-2-3-8(12)5-9(7)13/h2-3,5H,4,14H2,1H3. The molecule has 0 fully saturated rings. The van der Waals surface area contributed by atoms with Gasteiger partial charge in [-0.1, -0.05) is 29.3 Å². The number of nitrogens with two attached hydrogens (primary N) is 1. The Bertz CT molecular complexity index is 503. The molecule has 1 aromatic carbocycles. The smallest absolute Gasteiger partial charge is 0.137 e. The predicted molar refractivity (Wildman–Crippen MR) is 70.5 cm³/mol. The lowest BCUT2D eigenvalue weighted by Gasteiger charge is -2.01. The normalized spacial score (nSPS) is 10.7. The van der Waals surface area contributed by atoms with Crippen LogP contribution in [0.1, 0.15) is 15.4 Å². The number of halogens is 2. The maximum absolute atomic E-state index is 6.09. The van der Waals surface area contributed by atoms with Gasteiger partial charge in [0, 0.05) is 21.3 Å². The van der Waals surface area contributed by atoms with E-state index in [1.165, 1.54) is 0 Å². The third-order valence-corrected chi connectivity index (χ3v) is 3.81. The second kappa shape index (κ2) is 4.62. The van der Waals surface area contributed by atoms with Gasteiger partial charge in [0.25, 0.3) is 0 Å². The number of aryl methyl sites for hydroxylation is 1. The Morgan fingerprint density at radius 2 is 2.12 bits per heavy atom. The van der Waals surface area contributed by atoms with E-state index in [4.69, 9.17) is 28.9 Å². The van der Waals surface area contributed by atoms with Crippen molar-refractivity contribution in [3.8, 4) is 0 Å². The third-order valence-electron chi connectivity index (χ3n) is 2.23. The second-order valence-corrected chi connectivity index (χ2v) is 5.59. The molecule has 0 radical (unpaired) electrons. The first-order chi connectivity index (χ1) is 7.56. The fourth-order valence-electron chi connectivity index (χ4n) is 1.37. The number of nitrogens with zero attached hydrogens (tertiary/aromatic N) is 1. The molecular formula is C11H10Cl2N2S. The SMILES string of the molecule is Cc1sc(Cc2ccc(Cl)cc2Cl)nc1N. The van der Waals surface area contributed by atoms with E-state index < -0.39 is 0 Å². The molecule has 84 valence electrons. The second-order valence-electron chi connectivity index (χ2n) is 3.46. The highest BCUT2D eigenvalue weighted by atomic mass is 35.5. The van der Waals surface area contributed by atoms with Crippen molar-refractivity contribution in [3.05, 3.63) is 43.7 Å². The molecular weight excluding hydrogens is 263 g/mol. The van der Waals surface area contributed by atoms with Gasteiger partial charge < -0.3 is 5.73 Å². The number of hydrogen-bond donors (Lipinski definition) is 1. The lowest BCUT2D eigenvalue weighted by Crippen LogP contribution is -1.90. The number of hydrogen-bond acceptors (Lipinski definition) is 3. The molecule has 0 saturated heterocycles. The minimum absolute atomic E-state index is 0.602. The largest absolute Gasteiger partial charge is 0.383 e. The molecule has 5 heteroatoms. The molecule has 2 aromatic rings. The molecule has 0 aliphatic heterocycles. The zero-order valence-electron chi connectivity index (χ0n) is 8.63. The van der Waals surface area contributed by atoms with Crippen molar-refractivity contribution in [3.63, 3.8) is 0 Å². The molecule has 0 spiro atoms. The van der Waals surface area contributed by atoms with E-state index in [0.29, 0.717) is 22.3 Å². The average molecular weight is 273 g/mol. The number of aromatic nitrogens is 1. The molecule has 2 rings (SSSR count). The van der Waals surface area contributed by atoms with E-state index in [0.717, 1.165) is 15.4 Å². The lowest BCUT2D eigenvalue weighted by molar-refractivity contribution is 1.14. The molecule has 0 unspecified atom stereocenters. The first-order valence-corrected chi connectivity index (χ1v) is 6.29. The summed E-state index contributed by atoms with van der Waals surface area (Å²) in [4.78, 5) is 5.32. The van der Waals surface area contributed by atoms with Gasteiger partial charge in [0.15, 0.2) is 0 Å². The highest BCUT2D eigenvalue weighted by molar-refractivity contribution is 7.12. The Balaban J connectivity index is 2.27. The van der Waals surface area contributed by atoms with Gasteiger partial charge in [-0.05, 0) is 24.6 Å². The van der Waals surface area contributed by atoms with Crippen LogP contribution in [0.3, 0.4) is 0 Å². The maximum Gasteiger partial charge on any atom is 0.137 e. The van der Waals surface area contributed by atoms with Crippen molar-refractivity contribution in [1.82, 2.24) is 4.98 Å². The van der Waals surface area contributed by atoms with Gasteiger partial charge in [-0.3, -0.25) is 0 Å². The summed E-state index contributed by atoms with van der Waals surface area (Å²) in [5.74, 6) is 0.602. The summed E-state index contributed by atoms with van der Waals surface area (Å²) in [6.45, 7) is 1.96. The minimum Gasteiger partial charge on any atom is -0.383 e. The highest BCUT2D eigenvalue weighted by Crippen LogP contribution is 2.26. The van der Waals surface area contributed by atoms with E-state index in [9.17, 15) is 0 Å². The van der Waals surface area contributed by atoms with Crippen LogP contribution in [0, 0.1) is 6.92 Å². The molecule has 16 heavy (non-hydrogen) atoms. The van der Waals surface area contributed by atoms with Gasteiger partial charge in [-0.15, -0.1) is 11.3 Å². The predicted octanol–water partition coefficient (Wildman–Crippen LogP) is 3.93. The van der Waals surface area contributed by atoms with Crippen LogP contribution in [0.15, 0.2) is 18.2 Å². The Hall–Kier alpha value is -0.770. The fraction of sp³-hybridized carbons (Fsp3) is 0.182. The van der Waals surface area contributed by atoms with Crippen LogP contribution in [-0.4, -0.2) is 4.98 Å². The Kier molecular flexibility index (Phi) is 3.38.